The zero-order valence-corrected chi connectivity index (χ0v) is 19.2. The summed E-state index contributed by atoms with van der Waals surface area (Å²) < 4.78 is 6.45. The molecule has 0 aromatic heterocycles. The molecule has 1 aliphatic carbocycles. The second-order valence-corrected chi connectivity index (χ2v) is 10.4. The van der Waals surface area contributed by atoms with E-state index in [0.29, 0.717) is 18.1 Å². The van der Waals surface area contributed by atoms with Gasteiger partial charge >= 0.3 is 0 Å². The van der Waals surface area contributed by atoms with E-state index in [2.05, 4.69) is 38.6 Å². The first-order valence-corrected chi connectivity index (χ1v) is 11.5. The van der Waals surface area contributed by atoms with E-state index >= 15 is 0 Å². The lowest BCUT2D eigenvalue weighted by Gasteiger charge is -2.49. The molecule has 2 aliphatic rings. The molecule has 0 radical (unpaired) electrons. The molecule has 1 aromatic carbocycles. The van der Waals surface area contributed by atoms with Crippen molar-refractivity contribution in [1.82, 2.24) is 0 Å². The van der Waals surface area contributed by atoms with Gasteiger partial charge in [0.05, 0.1) is 6.61 Å². The number of benzene rings is 1. The highest BCUT2D eigenvalue weighted by Gasteiger charge is 2.47. The number of phenolic OH excluding ortho intramolecular Hbond substituents is 1. The van der Waals surface area contributed by atoms with Gasteiger partial charge in [-0.05, 0) is 80.9 Å². The highest BCUT2D eigenvalue weighted by atomic mass is 16.9. The molecule has 31 heavy (non-hydrogen) atoms. The number of aromatic hydroxyl groups is 1. The summed E-state index contributed by atoms with van der Waals surface area (Å²) in [6.07, 6.45) is 6.19. The lowest BCUT2D eigenvalue weighted by atomic mass is 9.63. The number of nitrogens with zero attached hydrogens (tertiary/aromatic N) is 1. The van der Waals surface area contributed by atoms with E-state index < -0.39 is 5.09 Å². The molecule has 7 heteroatoms. The van der Waals surface area contributed by atoms with E-state index in [4.69, 9.17) is 4.74 Å². The molecule has 1 aromatic rings. The zero-order chi connectivity index (χ0) is 22.8. The van der Waals surface area contributed by atoms with Crippen LogP contribution in [0.25, 0.3) is 0 Å². The van der Waals surface area contributed by atoms with Crippen molar-refractivity contribution >= 4 is 0 Å². The third-order valence-electron chi connectivity index (χ3n) is 7.40. The van der Waals surface area contributed by atoms with Crippen molar-refractivity contribution < 1.29 is 24.9 Å². The number of hydrogen-bond donors (Lipinski definition) is 2. The summed E-state index contributed by atoms with van der Waals surface area (Å²) in [4.78, 5) is 14.6. The van der Waals surface area contributed by atoms with E-state index in [1.165, 1.54) is 0 Å². The average molecular weight is 436 g/mol. The maximum atomic E-state index is 11.0. The third kappa shape index (κ3) is 5.25. The van der Waals surface area contributed by atoms with Crippen molar-refractivity contribution in [3.8, 4) is 11.5 Å². The number of ether oxygens (including phenoxy) is 1. The van der Waals surface area contributed by atoms with Crippen LogP contribution in [0.1, 0.15) is 89.7 Å². The average Bonchev–Trinajstić information content (AvgIpc) is 2.69. The van der Waals surface area contributed by atoms with E-state index in [1.54, 1.807) is 0 Å². The van der Waals surface area contributed by atoms with Gasteiger partial charge in [-0.1, -0.05) is 26.7 Å². The van der Waals surface area contributed by atoms with Crippen LogP contribution < -0.4 is 4.74 Å². The number of rotatable bonds is 9. The standard InChI is InChI=1S/C24H37NO6/c1-23(2,10-6-5-7-11-30-25(28)29)17-13-20(27)22-18-12-16(15-26)8-9-19(18)24(3,4)31-21(22)14-17/h13-14,16,18-19,26-27H,5-12,15H2,1-4H3/t16-,18-,19-/m1/s1. The Morgan fingerprint density at radius 2 is 2.00 bits per heavy atom. The summed E-state index contributed by atoms with van der Waals surface area (Å²) in [5.41, 5.74) is 1.46. The van der Waals surface area contributed by atoms with Gasteiger partial charge in [0.25, 0.3) is 5.09 Å². The van der Waals surface area contributed by atoms with Gasteiger partial charge in [0.1, 0.15) is 17.1 Å². The van der Waals surface area contributed by atoms with Gasteiger partial charge < -0.3 is 19.8 Å². The normalized spacial score (nSPS) is 24.6. The minimum Gasteiger partial charge on any atom is -0.508 e. The number of aliphatic hydroxyl groups is 1. The molecule has 0 saturated heterocycles. The van der Waals surface area contributed by atoms with Crippen molar-refractivity contribution in [3.63, 3.8) is 0 Å². The summed E-state index contributed by atoms with van der Waals surface area (Å²) in [7, 11) is 0. The molecular formula is C24H37NO6. The van der Waals surface area contributed by atoms with Crippen molar-refractivity contribution in [1.29, 1.82) is 0 Å². The van der Waals surface area contributed by atoms with Crippen LogP contribution in [0.4, 0.5) is 0 Å². The Hall–Kier alpha value is -2.02. The molecule has 0 spiro atoms. The summed E-state index contributed by atoms with van der Waals surface area (Å²) in [6.45, 7) is 8.90. The molecule has 2 N–H and O–H groups in total. The van der Waals surface area contributed by atoms with Crippen LogP contribution in [0.3, 0.4) is 0 Å². The molecule has 1 aliphatic heterocycles. The fraction of sp³-hybridized carbons (Fsp3) is 0.750. The summed E-state index contributed by atoms with van der Waals surface area (Å²) >= 11 is 0. The van der Waals surface area contributed by atoms with E-state index in [0.717, 1.165) is 55.4 Å². The fourth-order valence-electron chi connectivity index (χ4n) is 5.52. The highest BCUT2D eigenvalue weighted by Crippen LogP contribution is 2.56. The Labute approximate surface area is 184 Å². The van der Waals surface area contributed by atoms with Gasteiger partial charge in [-0.25, -0.2) is 0 Å². The summed E-state index contributed by atoms with van der Waals surface area (Å²) in [5.74, 6) is 1.87. The molecule has 1 heterocycles. The van der Waals surface area contributed by atoms with Crippen molar-refractivity contribution in [3.05, 3.63) is 33.4 Å². The minimum atomic E-state index is -0.749. The molecular weight excluding hydrogens is 398 g/mol. The minimum absolute atomic E-state index is 0.132. The maximum absolute atomic E-state index is 11.0. The van der Waals surface area contributed by atoms with E-state index in [-0.39, 0.29) is 36.1 Å². The number of fused-ring (bicyclic) bond motifs is 3. The second-order valence-electron chi connectivity index (χ2n) is 10.4. The Kier molecular flexibility index (Phi) is 7.04. The molecule has 0 unspecified atom stereocenters. The summed E-state index contributed by atoms with van der Waals surface area (Å²) in [6, 6.07) is 3.97. The van der Waals surface area contributed by atoms with Crippen LogP contribution in [0.2, 0.25) is 0 Å². The lowest BCUT2D eigenvalue weighted by molar-refractivity contribution is -0.757. The molecule has 174 valence electrons. The molecule has 1 fully saturated rings. The predicted molar refractivity (Wildman–Crippen MR) is 118 cm³/mol. The van der Waals surface area contributed by atoms with Crippen LogP contribution >= 0.6 is 0 Å². The predicted octanol–water partition coefficient (Wildman–Crippen LogP) is 5.10. The van der Waals surface area contributed by atoms with Crippen LogP contribution in [0.15, 0.2) is 12.1 Å². The maximum Gasteiger partial charge on any atom is 0.294 e. The topological polar surface area (TPSA) is 102 Å². The van der Waals surface area contributed by atoms with Crippen molar-refractivity contribution in [2.75, 3.05) is 13.2 Å². The Balaban J connectivity index is 1.76. The molecule has 1 saturated carbocycles. The van der Waals surface area contributed by atoms with Crippen LogP contribution in [0.5, 0.6) is 11.5 Å². The van der Waals surface area contributed by atoms with Crippen molar-refractivity contribution in [2.45, 2.75) is 89.6 Å². The highest BCUT2D eigenvalue weighted by molar-refractivity contribution is 5.53. The Morgan fingerprint density at radius 1 is 1.26 bits per heavy atom. The molecule has 0 amide bonds. The third-order valence-corrected chi connectivity index (χ3v) is 7.40. The SMILES string of the molecule is CC(C)(CCCCCO[N+](=O)[O-])c1cc(O)c2c(c1)OC(C)(C)[C@@H]1CC[C@@H](CO)C[C@@H]21. The first kappa shape index (κ1) is 23.6. The van der Waals surface area contributed by atoms with Crippen LogP contribution in [-0.2, 0) is 10.3 Å². The number of phenols is 1. The van der Waals surface area contributed by atoms with Crippen LogP contribution in [0, 0.1) is 22.0 Å². The second kappa shape index (κ2) is 9.23. The molecule has 3 rings (SSSR count). The van der Waals surface area contributed by atoms with Gasteiger partial charge in [-0.3, -0.25) is 0 Å². The Bertz CT molecular complexity index is 791. The largest absolute Gasteiger partial charge is 0.508 e. The van der Waals surface area contributed by atoms with Gasteiger partial charge in [-0.2, -0.15) is 0 Å². The van der Waals surface area contributed by atoms with Gasteiger partial charge in [0.15, 0.2) is 0 Å². The molecule has 3 atom stereocenters. The summed E-state index contributed by atoms with van der Waals surface area (Å²) in [5, 5.41) is 30.2. The zero-order valence-electron chi connectivity index (χ0n) is 19.2. The first-order valence-electron chi connectivity index (χ1n) is 11.5. The van der Waals surface area contributed by atoms with Crippen molar-refractivity contribution in [2.24, 2.45) is 11.8 Å². The van der Waals surface area contributed by atoms with E-state index in [9.17, 15) is 20.3 Å². The van der Waals surface area contributed by atoms with Crippen LogP contribution in [-0.4, -0.2) is 34.1 Å². The molecule has 0 bridgehead atoms. The Morgan fingerprint density at radius 3 is 2.68 bits per heavy atom. The van der Waals surface area contributed by atoms with E-state index in [1.807, 2.05) is 6.07 Å². The van der Waals surface area contributed by atoms with Gasteiger partial charge in [-0.15, -0.1) is 10.1 Å². The van der Waals surface area contributed by atoms with Gasteiger partial charge in [0.2, 0.25) is 0 Å². The number of aliphatic hydroxyl groups excluding tert-OH is 1. The lowest BCUT2D eigenvalue weighted by Crippen LogP contribution is -2.47. The molecule has 7 nitrogen and oxygen atoms in total. The quantitative estimate of drug-likeness (QED) is 0.318. The fourth-order valence-corrected chi connectivity index (χ4v) is 5.52. The smallest absolute Gasteiger partial charge is 0.294 e. The number of hydrogen-bond acceptors (Lipinski definition) is 6. The first-order chi connectivity index (χ1) is 14.5. The monoisotopic (exact) mass is 435 g/mol. The van der Waals surface area contributed by atoms with Gasteiger partial charge in [0, 0.05) is 18.1 Å². The number of unbranched alkanes of at least 4 members (excludes halogenated alkanes) is 2.